The molecule has 1 aliphatic carbocycles. The van der Waals surface area contributed by atoms with Crippen LogP contribution < -0.4 is 0 Å². The van der Waals surface area contributed by atoms with Gasteiger partial charge in [0.05, 0.1) is 10.0 Å². The first-order valence-electron chi connectivity index (χ1n) is 7.28. The quantitative estimate of drug-likeness (QED) is 0.689. The third-order valence-corrected chi connectivity index (χ3v) is 4.91. The van der Waals surface area contributed by atoms with Crippen LogP contribution in [0.3, 0.4) is 0 Å². The Kier molecular flexibility index (Phi) is 5.48. The second-order valence-electron chi connectivity index (χ2n) is 5.41. The molecule has 1 fully saturated rings. The molecule has 0 amide bonds. The molecule has 110 valence electrons. The molecule has 0 spiro atoms. The lowest BCUT2D eigenvalue weighted by atomic mass is 10.1. The summed E-state index contributed by atoms with van der Waals surface area (Å²) in [5.41, 5.74) is 0.690. The Bertz CT molecular complexity index is 485. The van der Waals surface area contributed by atoms with Crippen molar-refractivity contribution in [2.75, 3.05) is 19.6 Å². The Morgan fingerprint density at radius 3 is 2.55 bits per heavy atom. The maximum absolute atomic E-state index is 12.3. The SMILES string of the molecule is CCN(CC)CC[C@@H]1C[C@@H]1C(=O)c1ccc(Cl)c(Cl)c1. The third kappa shape index (κ3) is 3.75. The molecule has 0 bridgehead atoms. The summed E-state index contributed by atoms with van der Waals surface area (Å²) in [6.07, 6.45) is 2.12. The van der Waals surface area contributed by atoms with Crippen molar-refractivity contribution in [2.24, 2.45) is 11.8 Å². The van der Waals surface area contributed by atoms with E-state index in [1.165, 1.54) is 0 Å². The van der Waals surface area contributed by atoms with Gasteiger partial charge < -0.3 is 4.90 Å². The molecule has 2 rings (SSSR count). The molecule has 4 heteroatoms. The van der Waals surface area contributed by atoms with Gasteiger partial charge in [-0.05, 0) is 56.6 Å². The Hall–Kier alpha value is -0.570. The zero-order valence-corrected chi connectivity index (χ0v) is 13.5. The van der Waals surface area contributed by atoms with E-state index in [4.69, 9.17) is 23.2 Å². The number of rotatable bonds is 7. The van der Waals surface area contributed by atoms with E-state index < -0.39 is 0 Å². The average Bonchev–Trinajstić information content (AvgIpc) is 3.22. The molecule has 0 heterocycles. The standard InChI is InChI=1S/C16H21Cl2NO/c1-3-19(4-2)8-7-11-9-13(11)16(20)12-5-6-14(17)15(18)10-12/h5-6,10-11,13H,3-4,7-9H2,1-2H3/t11-,13+/m1/s1. The lowest BCUT2D eigenvalue weighted by Crippen LogP contribution is -2.24. The van der Waals surface area contributed by atoms with Crippen LogP contribution in [0.2, 0.25) is 10.0 Å². The summed E-state index contributed by atoms with van der Waals surface area (Å²) in [6, 6.07) is 5.16. The minimum atomic E-state index is 0.183. The van der Waals surface area contributed by atoms with Gasteiger partial charge in [-0.2, -0.15) is 0 Å². The summed E-state index contributed by atoms with van der Waals surface area (Å²) in [7, 11) is 0. The molecule has 0 N–H and O–H groups in total. The first-order chi connectivity index (χ1) is 9.56. The summed E-state index contributed by atoms with van der Waals surface area (Å²) < 4.78 is 0. The fourth-order valence-corrected chi connectivity index (χ4v) is 2.94. The average molecular weight is 314 g/mol. The molecule has 1 aliphatic rings. The summed E-state index contributed by atoms with van der Waals surface area (Å²) in [6.45, 7) is 7.59. The van der Waals surface area contributed by atoms with Gasteiger partial charge in [0.25, 0.3) is 0 Å². The van der Waals surface area contributed by atoms with Gasteiger partial charge >= 0.3 is 0 Å². The second kappa shape index (κ2) is 6.93. The molecular formula is C16H21Cl2NO. The topological polar surface area (TPSA) is 20.3 Å². The first kappa shape index (κ1) is 15.8. The van der Waals surface area contributed by atoms with Crippen molar-refractivity contribution in [1.82, 2.24) is 4.90 Å². The van der Waals surface area contributed by atoms with Crippen LogP contribution in [0.15, 0.2) is 18.2 Å². The fourth-order valence-electron chi connectivity index (χ4n) is 2.64. The van der Waals surface area contributed by atoms with Gasteiger partial charge in [0.2, 0.25) is 0 Å². The van der Waals surface area contributed by atoms with Gasteiger partial charge in [-0.3, -0.25) is 4.79 Å². The number of hydrogen-bond donors (Lipinski definition) is 0. The van der Waals surface area contributed by atoms with E-state index >= 15 is 0 Å². The second-order valence-corrected chi connectivity index (χ2v) is 6.23. The largest absolute Gasteiger partial charge is 0.304 e. The summed E-state index contributed by atoms with van der Waals surface area (Å²) in [4.78, 5) is 14.8. The van der Waals surface area contributed by atoms with Crippen molar-refractivity contribution < 1.29 is 4.79 Å². The monoisotopic (exact) mass is 313 g/mol. The first-order valence-corrected chi connectivity index (χ1v) is 8.04. The van der Waals surface area contributed by atoms with Crippen LogP contribution in [0, 0.1) is 11.8 Å². The molecule has 1 saturated carbocycles. The number of ketones is 1. The molecule has 2 nitrogen and oxygen atoms in total. The molecule has 0 aromatic heterocycles. The van der Waals surface area contributed by atoms with Crippen molar-refractivity contribution in [3.05, 3.63) is 33.8 Å². The van der Waals surface area contributed by atoms with Gasteiger partial charge in [-0.25, -0.2) is 0 Å². The maximum Gasteiger partial charge on any atom is 0.166 e. The van der Waals surface area contributed by atoms with E-state index in [-0.39, 0.29) is 11.7 Å². The van der Waals surface area contributed by atoms with Crippen LogP contribution in [-0.2, 0) is 0 Å². The van der Waals surface area contributed by atoms with Crippen molar-refractivity contribution in [3.63, 3.8) is 0 Å². The van der Waals surface area contributed by atoms with E-state index in [1.807, 2.05) is 0 Å². The number of halogens is 2. The summed E-state index contributed by atoms with van der Waals surface area (Å²) in [5.74, 6) is 0.938. The number of carbonyl (C=O) groups is 1. The molecule has 0 radical (unpaired) electrons. The number of nitrogens with zero attached hydrogens (tertiary/aromatic N) is 1. The maximum atomic E-state index is 12.3. The Morgan fingerprint density at radius 1 is 1.25 bits per heavy atom. The molecule has 20 heavy (non-hydrogen) atoms. The predicted molar refractivity (Wildman–Crippen MR) is 84.8 cm³/mol. The fraction of sp³-hybridized carbons (Fsp3) is 0.562. The van der Waals surface area contributed by atoms with E-state index in [1.54, 1.807) is 18.2 Å². The molecule has 2 atom stereocenters. The normalized spacial score (nSPS) is 21.2. The smallest absolute Gasteiger partial charge is 0.166 e. The predicted octanol–water partition coefficient (Wildman–Crippen LogP) is 4.54. The van der Waals surface area contributed by atoms with Crippen LogP contribution in [0.4, 0.5) is 0 Å². The highest BCUT2D eigenvalue weighted by molar-refractivity contribution is 6.42. The van der Waals surface area contributed by atoms with E-state index in [9.17, 15) is 4.79 Å². The van der Waals surface area contributed by atoms with E-state index in [0.29, 0.717) is 21.5 Å². The molecule has 1 aromatic rings. The van der Waals surface area contributed by atoms with Gasteiger partial charge in [0, 0.05) is 11.5 Å². The van der Waals surface area contributed by atoms with Gasteiger partial charge in [-0.1, -0.05) is 37.0 Å². The van der Waals surface area contributed by atoms with Crippen molar-refractivity contribution in [3.8, 4) is 0 Å². The van der Waals surface area contributed by atoms with Crippen molar-refractivity contribution in [1.29, 1.82) is 0 Å². The van der Waals surface area contributed by atoms with Crippen LogP contribution in [0.25, 0.3) is 0 Å². The zero-order valence-electron chi connectivity index (χ0n) is 12.0. The van der Waals surface area contributed by atoms with Crippen molar-refractivity contribution in [2.45, 2.75) is 26.7 Å². The Labute approximate surface area is 131 Å². The number of hydrogen-bond acceptors (Lipinski definition) is 2. The van der Waals surface area contributed by atoms with Crippen LogP contribution in [0.1, 0.15) is 37.0 Å². The van der Waals surface area contributed by atoms with Gasteiger partial charge in [0.15, 0.2) is 5.78 Å². The van der Waals surface area contributed by atoms with Gasteiger partial charge in [-0.15, -0.1) is 0 Å². The van der Waals surface area contributed by atoms with E-state index in [2.05, 4.69) is 18.7 Å². The lowest BCUT2D eigenvalue weighted by molar-refractivity contribution is 0.0959. The molecule has 1 aromatic carbocycles. The molecule has 0 aliphatic heterocycles. The summed E-state index contributed by atoms with van der Waals surface area (Å²) in [5, 5.41) is 0.954. The minimum absolute atomic E-state index is 0.183. The molecular weight excluding hydrogens is 293 g/mol. The van der Waals surface area contributed by atoms with Crippen LogP contribution in [0.5, 0.6) is 0 Å². The molecule has 0 saturated heterocycles. The highest BCUT2D eigenvalue weighted by Gasteiger charge is 2.42. The minimum Gasteiger partial charge on any atom is -0.304 e. The zero-order chi connectivity index (χ0) is 14.7. The third-order valence-electron chi connectivity index (χ3n) is 4.17. The highest BCUT2D eigenvalue weighted by Crippen LogP contribution is 2.44. The van der Waals surface area contributed by atoms with Crippen LogP contribution in [-0.4, -0.2) is 30.3 Å². The highest BCUT2D eigenvalue weighted by atomic mass is 35.5. The van der Waals surface area contributed by atoms with Gasteiger partial charge in [0.1, 0.15) is 0 Å². The Balaban J connectivity index is 1.88. The Morgan fingerprint density at radius 2 is 1.95 bits per heavy atom. The number of Topliss-reactive ketones (excluding diaryl/α,β-unsaturated/α-hetero) is 1. The molecule has 0 unspecified atom stereocenters. The summed E-state index contributed by atoms with van der Waals surface area (Å²) >= 11 is 11.8. The van der Waals surface area contributed by atoms with E-state index in [0.717, 1.165) is 32.5 Å². The van der Waals surface area contributed by atoms with Crippen molar-refractivity contribution >= 4 is 29.0 Å². The number of carbonyl (C=O) groups excluding carboxylic acids is 1. The van der Waals surface area contributed by atoms with Crippen LogP contribution >= 0.6 is 23.2 Å². The lowest BCUT2D eigenvalue weighted by Gasteiger charge is -2.17. The number of benzene rings is 1.